The van der Waals surface area contributed by atoms with Crippen molar-refractivity contribution >= 4 is 17.5 Å². The highest BCUT2D eigenvalue weighted by atomic mass is 16.4. The number of anilines is 2. The zero-order valence-corrected chi connectivity index (χ0v) is 15.2. The molecule has 0 saturated heterocycles. The van der Waals surface area contributed by atoms with Gasteiger partial charge in [-0.3, -0.25) is 0 Å². The Morgan fingerprint density at radius 1 is 1.15 bits per heavy atom. The average Bonchev–Trinajstić information content (AvgIpc) is 2.97. The van der Waals surface area contributed by atoms with Crippen LogP contribution in [0.25, 0.3) is 5.82 Å². The molecule has 0 bridgehead atoms. The second-order valence-corrected chi connectivity index (χ2v) is 6.18. The fraction of sp³-hybridized carbons (Fsp3) is 0.263. The maximum Gasteiger partial charge on any atom is 0.337 e. The van der Waals surface area contributed by atoms with Gasteiger partial charge in [-0.25, -0.2) is 14.8 Å². The fourth-order valence-corrected chi connectivity index (χ4v) is 2.76. The van der Waals surface area contributed by atoms with Gasteiger partial charge in [-0.1, -0.05) is 13.0 Å². The SMILES string of the molecule is CCc1cc(Nc2cc(C)ccc2C(=O)O)n(-c2cc(C)nc(C)n2)n1. The highest BCUT2D eigenvalue weighted by molar-refractivity contribution is 5.95. The van der Waals surface area contributed by atoms with Crippen molar-refractivity contribution in [2.75, 3.05) is 5.32 Å². The van der Waals surface area contributed by atoms with E-state index in [0.717, 1.165) is 23.4 Å². The van der Waals surface area contributed by atoms with Crippen molar-refractivity contribution in [3.63, 3.8) is 0 Å². The van der Waals surface area contributed by atoms with Crippen molar-refractivity contribution in [1.29, 1.82) is 0 Å². The summed E-state index contributed by atoms with van der Waals surface area (Å²) >= 11 is 0. The van der Waals surface area contributed by atoms with Crippen molar-refractivity contribution in [2.24, 2.45) is 0 Å². The lowest BCUT2D eigenvalue weighted by Gasteiger charge is -2.12. The minimum absolute atomic E-state index is 0.205. The first-order valence-electron chi connectivity index (χ1n) is 8.40. The van der Waals surface area contributed by atoms with Gasteiger partial charge >= 0.3 is 5.97 Å². The molecule has 7 heteroatoms. The van der Waals surface area contributed by atoms with Gasteiger partial charge in [0.1, 0.15) is 11.6 Å². The zero-order chi connectivity index (χ0) is 18.8. The summed E-state index contributed by atoms with van der Waals surface area (Å²) in [6.07, 6.45) is 0.754. The smallest absolute Gasteiger partial charge is 0.337 e. The van der Waals surface area contributed by atoms with Crippen molar-refractivity contribution in [1.82, 2.24) is 19.7 Å². The van der Waals surface area contributed by atoms with Crippen LogP contribution in [0, 0.1) is 20.8 Å². The van der Waals surface area contributed by atoms with Crippen LogP contribution in [0.3, 0.4) is 0 Å². The number of carboxylic acid groups (broad SMARTS) is 1. The van der Waals surface area contributed by atoms with Gasteiger partial charge in [-0.15, -0.1) is 0 Å². The summed E-state index contributed by atoms with van der Waals surface area (Å²) in [6, 6.07) is 8.93. The summed E-state index contributed by atoms with van der Waals surface area (Å²) in [7, 11) is 0. The molecule has 3 aromatic rings. The summed E-state index contributed by atoms with van der Waals surface area (Å²) in [5, 5.41) is 17.3. The number of carboxylic acids is 1. The normalized spacial score (nSPS) is 10.8. The highest BCUT2D eigenvalue weighted by Gasteiger charge is 2.15. The molecule has 2 aromatic heterocycles. The molecule has 0 aliphatic rings. The van der Waals surface area contributed by atoms with Crippen molar-refractivity contribution in [2.45, 2.75) is 34.1 Å². The van der Waals surface area contributed by atoms with Crippen LogP contribution in [0.1, 0.15) is 40.1 Å². The molecular weight excluding hydrogens is 330 g/mol. The first-order valence-corrected chi connectivity index (χ1v) is 8.40. The lowest BCUT2D eigenvalue weighted by atomic mass is 10.1. The van der Waals surface area contributed by atoms with Gasteiger partial charge in [0.25, 0.3) is 0 Å². The van der Waals surface area contributed by atoms with Gasteiger partial charge in [-0.05, 0) is 44.9 Å². The standard InChI is InChI=1S/C19H21N5O2/c1-5-14-10-18(22-16-8-11(2)6-7-15(16)19(25)26)24(23-14)17-9-12(3)20-13(4)21-17/h6-10,22H,5H2,1-4H3,(H,25,26). The Hall–Kier alpha value is -3.22. The number of hydrogen-bond acceptors (Lipinski definition) is 5. The topological polar surface area (TPSA) is 92.9 Å². The maximum absolute atomic E-state index is 11.5. The van der Waals surface area contributed by atoms with Crippen LogP contribution in [-0.4, -0.2) is 30.8 Å². The first-order chi connectivity index (χ1) is 12.4. The number of rotatable bonds is 5. The van der Waals surface area contributed by atoms with E-state index in [9.17, 15) is 9.90 Å². The summed E-state index contributed by atoms with van der Waals surface area (Å²) in [5.74, 6) is 0.971. The van der Waals surface area contributed by atoms with E-state index in [1.165, 1.54) is 0 Å². The number of benzene rings is 1. The van der Waals surface area contributed by atoms with Crippen LogP contribution in [0.15, 0.2) is 30.3 Å². The summed E-state index contributed by atoms with van der Waals surface area (Å²) in [4.78, 5) is 20.3. The van der Waals surface area contributed by atoms with E-state index in [2.05, 4.69) is 20.4 Å². The molecule has 3 rings (SSSR count). The Labute approximate surface area is 151 Å². The van der Waals surface area contributed by atoms with E-state index >= 15 is 0 Å². The molecule has 0 aliphatic carbocycles. The lowest BCUT2D eigenvalue weighted by molar-refractivity contribution is 0.0698. The van der Waals surface area contributed by atoms with Crippen LogP contribution in [-0.2, 0) is 6.42 Å². The van der Waals surface area contributed by atoms with Crippen molar-refractivity contribution in [3.8, 4) is 5.82 Å². The molecular formula is C19H21N5O2. The molecule has 0 saturated carbocycles. The van der Waals surface area contributed by atoms with E-state index in [0.29, 0.717) is 23.1 Å². The molecule has 0 atom stereocenters. The molecule has 26 heavy (non-hydrogen) atoms. The number of aromatic carboxylic acids is 1. The van der Waals surface area contributed by atoms with E-state index in [1.807, 2.05) is 45.9 Å². The predicted octanol–water partition coefficient (Wildman–Crippen LogP) is 3.59. The van der Waals surface area contributed by atoms with Crippen molar-refractivity contribution < 1.29 is 9.90 Å². The van der Waals surface area contributed by atoms with Crippen LogP contribution >= 0.6 is 0 Å². The third kappa shape index (κ3) is 3.56. The van der Waals surface area contributed by atoms with E-state index < -0.39 is 5.97 Å². The number of aryl methyl sites for hydroxylation is 4. The lowest BCUT2D eigenvalue weighted by Crippen LogP contribution is -2.09. The van der Waals surface area contributed by atoms with Gasteiger partial charge in [0, 0.05) is 17.8 Å². The monoisotopic (exact) mass is 351 g/mol. The molecule has 7 nitrogen and oxygen atoms in total. The van der Waals surface area contributed by atoms with Gasteiger partial charge in [0.2, 0.25) is 0 Å². The molecule has 0 fully saturated rings. The zero-order valence-electron chi connectivity index (χ0n) is 15.2. The Morgan fingerprint density at radius 2 is 1.92 bits per heavy atom. The Morgan fingerprint density at radius 3 is 2.58 bits per heavy atom. The van der Waals surface area contributed by atoms with E-state index in [1.54, 1.807) is 16.8 Å². The second-order valence-electron chi connectivity index (χ2n) is 6.18. The van der Waals surface area contributed by atoms with Gasteiger partial charge < -0.3 is 10.4 Å². The van der Waals surface area contributed by atoms with Gasteiger partial charge in [0.05, 0.1) is 16.9 Å². The van der Waals surface area contributed by atoms with E-state index in [4.69, 9.17) is 0 Å². The second kappa shape index (κ2) is 6.95. The van der Waals surface area contributed by atoms with Gasteiger partial charge in [0.15, 0.2) is 5.82 Å². The number of aromatic nitrogens is 4. The third-order valence-electron chi connectivity index (χ3n) is 3.96. The minimum Gasteiger partial charge on any atom is -0.478 e. The number of nitrogens with one attached hydrogen (secondary N) is 1. The quantitative estimate of drug-likeness (QED) is 0.730. The number of hydrogen-bond donors (Lipinski definition) is 2. The third-order valence-corrected chi connectivity index (χ3v) is 3.96. The molecule has 0 spiro atoms. The highest BCUT2D eigenvalue weighted by Crippen LogP contribution is 2.25. The molecule has 0 aliphatic heterocycles. The molecule has 0 amide bonds. The average molecular weight is 351 g/mol. The molecule has 2 heterocycles. The number of carbonyl (C=O) groups is 1. The Kier molecular flexibility index (Phi) is 4.71. The Bertz CT molecular complexity index is 958. The predicted molar refractivity (Wildman–Crippen MR) is 99.4 cm³/mol. The Balaban J connectivity index is 2.10. The molecule has 0 unspecified atom stereocenters. The van der Waals surface area contributed by atoms with E-state index in [-0.39, 0.29) is 5.56 Å². The maximum atomic E-state index is 11.5. The fourth-order valence-electron chi connectivity index (χ4n) is 2.76. The molecule has 2 N–H and O–H groups in total. The minimum atomic E-state index is -0.983. The number of nitrogens with zero attached hydrogens (tertiary/aromatic N) is 4. The van der Waals surface area contributed by atoms with Gasteiger partial charge in [-0.2, -0.15) is 9.78 Å². The summed E-state index contributed by atoms with van der Waals surface area (Å²) in [6.45, 7) is 7.67. The summed E-state index contributed by atoms with van der Waals surface area (Å²) in [5.41, 5.74) is 3.41. The molecule has 0 radical (unpaired) electrons. The van der Waals surface area contributed by atoms with Crippen molar-refractivity contribution in [3.05, 3.63) is 58.7 Å². The van der Waals surface area contributed by atoms with Crippen LogP contribution < -0.4 is 5.32 Å². The van der Waals surface area contributed by atoms with Crippen LogP contribution in [0.4, 0.5) is 11.5 Å². The molecule has 134 valence electrons. The van der Waals surface area contributed by atoms with Crippen LogP contribution in [0.2, 0.25) is 0 Å². The largest absolute Gasteiger partial charge is 0.478 e. The molecule has 1 aromatic carbocycles. The van der Waals surface area contributed by atoms with Crippen LogP contribution in [0.5, 0.6) is 0 Å². The first kappa shape index (κ1) is 17.6. The summed E-state index contributed by atoms with van der Waals surface area (Å²) < 4.78 is 1.69.